The van der Waals surface area contributed by atoms with Gasteiger partial charge in [0.05, 0.1) is 5.69 Å². The quantitative estimate of drug-likeness (QED) is 0.830. The molecule has 0 unspecified atom stereocenters. The van der Waals surface area contributed by atoms with E-state index in [1.807, 2.05) is 5.38 Å². The van der Waals surface area contributed by atoms with Crippen LogP contribution >= 0.6 is 27.3 Å². The van der Waals surface area contributed by atoms with Crippen molar-refractivity contribution in [2.24, 2.45) is 0 Å². The van der Waals surface area contributed by atoms with Gasteiger partial charge >= 0.3 is 5.97 Å². The lowest BCUT2D eigenvalue weighted by molar-refractivity contribution is 0.0696. The Morgan fingerprint density at radius 2 is 2.31 bits per heavy atom. The number of hydrogen-bond acceptors (Lipinski definition) is 5. The second-order valence-corrected chi connectivity index (χ2v) is 4.55. The van der Waals surface area contributed by atoms with E-state index in [0.29, 0.717) is 10.7 Å². The number of carboxylic acids is 1. The fourth-order valence-electron chi connectivity index (χ4n) is 1.20. The van der Waals surface area contributed by atoms with E-state index in [-0.39, 0.29) is 15.9 Å². The van der Waals surface area contributed by atoms with Crippen LogP contribution in [-0.4, -0.2) is 21.0 Å². The zero-order valence-electron chi connectivity index (χ0n) is 7.85. The summed E-state index contributed by atoms with van der Waals surface area (Å²) in [7, 11) is 0. The first-order chi connectivity index (χ1) is 7.59. The summed E-state index contributed by atoms with van der Waals surface area (Å²) < 4.78 is 0.213. The standard InChI is InChI=1S/C9H6BrN3O2S/c10-7-6(9(14)15)4(11)3-5(13-7)8-12-1-2-16-8/h1-3H,(H2,11,13)(H,14,15). The van der Waals surface area contributed by atoms with Gasteiger partial charge in [-0.05, 0) is 22.0 Å². The molecule has 0 atom stereocenters. The maximum Gasteiger partial charge on any atom is 0.340 e. The number of halogens is 1. The molecule has 2 rings (SSSR count). The molecule has 0 amide bonds. The minimum Gasteiger partial charge on any atom is -0.478 e. The second-order valence-electron chi connectivity index (χ2n) is 2.90. The van der Waals surface area contributed by atoms with Crippen molar-refractivity contribution < 1.29 is 9.90 Å². The van der Waals surface area contributed by atoms with Crippen LogP contribution in [0.25, 0.3) is 10.7 Å². The van der Waals surface area contributed by atoms with E-state index in [2.05, 4.69) is 25.9 Å². The smallest absolute Gasteiger partial charge is 0.340 e. The molecule has 7 heteroatoms. The zero-order chi connectivity index (χ0) is 11.7. The number of pyridine rings is 1. The van der Waals surface area contributed by atoms with Gasteiger partial charge in [0.1, 0.15) is 20.9 Å². The van der Waals surface area contributed by atoms with Crippen molar-refractivity contribution in [1.29, 1.82) is 0 Å². The van der Waals surface area contributed by atoms with E-state index in [0.717, 1.165) is 0 Å². The molecule has 2 heterocycles. The van der Waals surface area contributed by atoms with Crippen LogP contribution in [0.1, 0.15) is 10.4 Å². The van der Waals surface area contributed by atoms with Gasteiger partial charge in [0.25, 0.3) is 0 Å². The minimum absolute atomic E-state index is 0.0275. The Hall–Kier alpha value is -1.47. The van der Waals surface area contributed by atoms with Crippen molar-refractivity contribution in [3.63, 3.8) is 0 Å². The summed E-state index contributed by atoms with van der Waals surface area (Å²) in [5, 5.41) is 11.4. The Kier molecular flexibility index (Phi) is 2.88. The van der Waals surface area contributed by atoms with Crippen molar-refractivity contribution in [3.8, 4) is 10.7 Å². The number of anilines is 1. The van der Waals surface area contributed by atoms with Crippen molar-refractivity contribution >= 4 is 38.9 Å². The highest BCUT2D eigenvalue weighted by molar-refractivity contribution is 9.10. The topological polar surface area (TPSA) is 89.1 Å². The van der Waals surface area contributed by atoms with Crippen LogP contribution < -0.4 is 5.73 Å². The van der Waals surface area contributed by atoms with Crippen LogP contribution in [0.5, 0.6) is 0 Å². The number of nitrogen functional groups attached to an aromatic ring is 1. The highest BCUT2D eigenvalue weighted by Crippen LogP contribution is 2.28. The van der Waals surface area contributed by atoms with Gasteiger partial charge in [-0.2, -0.15) is 0 Å². The fourth-order valence-corrected chi connectivity index (χ4v) is 2.39. The molecule has 0 radical (unpaired) electrons. The van der Waals surface area contributed by atoms with Crippen LogP contribution in [0.15, 0.2) is 22.2 Å². The lowest BCUT2D eigenvalue weighted by atomic mass is 10.2. The summed E-state index contributed by atoms with van der Waals surface area (Å²) in [6.07, 6.45) is 1.65. The highest BCUT2D eigenvalue weighted by atomic mass is 79.9. The molecule has 5 nitrogen and oxygen atoms in total. The highest BCUT2D eigenvalue weighted by Gasteiger charge is 2.16. The van der Waals surface area contributed by atoms with E-state index in [4.69, 9.17) is 10.8 Å². The first kappa shape index (κ1) is 11.0. The van der Waals surface area contributed by atoms with Gasteiger partial charge in [0, 0.05) is 11.6 Å². The summed E-state index contributed by atoms with van der Waals surface area (Å²) in [6.45, 7) is 0. The van der Waals surface area contributed by atoms with Gasteiger partial charge in [-0.3, -0.25) is 0 Å². The molecule has 0 aliphatic carbocycles. The molecule has 0 saturated carbocycles. The predicted octanol–water partition coefficient (Wildman–Crippen LogP) is 2.25. The fraction of sp³-hybridized carbons (Fsp3) is 0. The maximum atomic E-state index is 10.9. The first-order valence-corrected chi connectivity index (χ1v) is 5.86. The average Bonchev–Trinajstić information content (AvgIpc) is 2.67. The number of rotatable bonds is 2. The minimum atomic E-state index is -1.11. The van der Waals surface area contributed by atoms with Crippen molar-refractivity contribution in [1.82, 2.24) is 9.97 Å². The van der Waals surface area contributed by atoms with E-state index in [1.165, 1.54) is 17.4 Å². The summed E-state index contributed by atoms with van der Waals surface area (Å²) in [5.74, 6) is -1.11. The van der Waals surface area contributed by atoms with Gasteiger partial charge in [-0.1, -0.05) is 0 Å². The maximum absolute atomic E-state index is 10.9. The predicted molar refractivity (Wildman–Crippen MR) is 64.4 cm³/mol. The molecule has 2 aromatic rings. The third kappa shape index (κ3) is 1.91. The molecule has 2 aromatic heterocycles. The number of carboxylic acid groups (broad SMARTS) is 1. The normalized spacial score (nSPS) is 10.3. The molecule has 0 saturated heterocycles. The molecule has 16 heavy (non-hydrogen) atoms. The van der Waals surface area contributed by atoms with Gasteiger partial charge in [0.15, 0.2) is 0 Å². The second kappa shape index (κ2) is 4.18. The molecule has 82 valence electrons. The monoisotopic (exact) mass is 299 g/mol. The van der Waals surface area contributed by atoms with Crippen molar-refractivity contribution in [2.45, 2.75) is 0 Å². The van der Waals surface area contributed by atoms with Gasteiger partial charge in [0.2, 0.25) is 0 Å². The molecule has 0 bridgehead atoms. The summed E-state index contributed by atoms with van der Waals surface area (Å²) >= 11 is 4.50. The van der Waals surface area contributed by atoms with E-state index >= 15 is 0 Å². The van der Waals surface area contributed by atoms with Crippen molar-refractivity contribution in [2.75, 3.05) is 5.73 Å². The van der Waals surface area contributed by atoms with Crippen LogP contribution in [0.3, 0.4) is 0 Å². The first-order valence-electron chi connectivity index (χ1n) is 4.18. The summed E-state index contributed by atoms with van der Waals surface area (Å²) in [5.41, 5.74) is 6.35. The molecule has 3 N–H and O–H groups in total. The van der Waals surface area contributed by atoms with Gasteiger partial charge in [-0.25, -0.2) is 14.8 Å². The Morgan fingerprint density at radius 3 is 2.81 bits per heavy atom. The van der Waals surface area contributed by atoms with E-state index in [9.17, 15) is 4.79 Å². The Bertz CT molecular complexity index is 519. The number of thiazole rings is 1. The number of aromatic carboxylic acids is 1. The number of hydrogen-bond donors (Lipinski definition) is 2. The largest absolute Gasteiger partial charge is 0.478 e. The Labute approximate surface area is 103 Å². The number of aromatic nitrogens is 2. The Balaban J connectivity index is 2.58. The molecular formula is C9H6BrN3O2S. The molecule has 0 aromatic carbocycles. The molecule has 0 aliphatic rings. The van der Waals surface area contributed by atoms with E-state index < -0.39 is 5.97 Å². The summed E-state index contributed by atoms with van der Waals surface area (Å²) in [6, 6.07) is 1.51. The third-order valence-electron chi connectivity index (χ3n) is 1.87. The summed E-state index contributed by atoms with van der Waals surface area (Å²) in [4.78, 5) is 19.1. The van der Waals surface area contributed by atoms with Crippen LogP contribution in [0.4, 0.5) is 5.69 Å². The molecule has 0 aliphatic heterocycles. The average molecular weight is 300 g/mol. The molecular weight excluding hydrogens is 294 g/mol. The molecule has 0 fully saturated rings. The SMILES string of the molecule is Nc1cc(-c2nccs2)nc(Br)c1C(=O)O. The zero-order valence-corrected chi connectivity index (χ0v) is 10.2. The molecule has 0 spiro atoms. The number of nitrogens with zero attached hydrogens (tertiary/aromatic N) is 2. The van der Waals surface area contributed by atoms with E-state index in [1.54, 1.807) is 6.20 Å². The third-order valence-corrected chi connectivity index (χ3v) is 3.24. The van der Waals surface area contributed by atoms with Crippen LogP contribution in [-0.2, 0) is 0 Å². The van der Waals surface area contributed by atoms with Gasteiger partial charge < -0.3 is 10.8 Å². The van der Waals surface area contributed by atoms with Crippen LogP contribution in [0.2, 0.25) is 0 Å². The van der Waals surface area contributed by atoms with Crippen LogP contribution in [0, 0.1) is 0 Å². The lowest BCUT2D eigenvalue weighted by Gasteiger charge is -2.05. The van der Waals surface area contributed by atoms with Gasteiger partial charge in [-0.15, -0.1) is 11.3 Å². The lowest BCUT2D eigenvalue weighted by Crippen LogP contribution is -2.05. The van der Waals surface area contributed by atoms with Crippen molar-refractivity contribution in [3.05, 3.63) is 27.8 Å². The number of nitrogens with two attached hydrogens (primary N) is 1. The Morgan fingerprint density at radius 1 is 1.56 bits per heavy atom. The number of carbonyl (C=O) groups is 1.